The number of hydrogen-bond donors (Lipinski definition) is 2. The van der Waals surface area contributed by atoms with E-state index in [1.807, 2.05) is 0 Å². The summed E-state index contributed by atoms with van der Waals surface area (Å²) < 4.78 is 42.5. The molecular weight excluding hydrogens is 399 g/mol. The maximum absolute atomic E-state index is 13.0. The van der Waals surface area contributed by atoms with E-state index in [4.69, 9.17) is 4.42 Å². The van der Waals surface area contributed by atoms with Crippen LogP contribution >= 0.6 is 0 Å². The minimum absolute atomic E-state index is 0.00751. The van der Waals surface area contributed by atoms with Crippen LogP contribution in [0.5, 0.6) is 5.75 Å². The lowest BCUT2D eigenvalue weighted by Gasteiger charge is -2.09. The van der Waals surface area contributed by atoms with Crippen molar-refractivity contribution in [3.63, 3.8) is 0 Å². The number of hydrogen-bond acceptors (Lipinski definition) is 6. The van der Waals surface area contributed by atoms with Crippen molar-refractivity contribution >= 4 is 21.4 Å². The second kappa shape index (κ2) is 8.44. The van der Waals surface area contributed by atoms with Gasteiger partial charge in [-0.2, -0.15) is 0 Å². The summed E-state index contributed by atoms with van der Waals surface area (Å²) in [6.45, 7) is 1.51. The second-order valence-corrected chi connectivity index (χ2v) is 8.53. The molecule has 0 aliphatic rings. The molecule has 0 unspecified atom stereocenters. The molecule has 3 aromatic rings. The van der Waals surface area contributed by atoms with Crippen molar-refractivity contribution in [3.8, 4) is 17.1 Å². The van der Waals surface area contributed by atoms with Crippen LogP contribution in [0, 0.1) is 5.82 Å². The fraction of sp³-hybridized carbons (Fsp3) is 0.200. The molecule has 0 aliphatic carbocycles. The Hall–Kier alpha value is -3.20. The maximum atomic E-state index is 13.0. The van der Waals surface area contributed by atoms with Crippen LogP contribution in [-0.4, -0.2) is 30.2 Å². The SMILES string of the molecule is CCS(=O)(=O)c1ccc(O)c(NC(=O)CCc2ncc(-c3ccc(F)cc3)o2)c1. The van der Waals surface area contributed by atoms with Gasteiger partial charge in [-0.3, -0.25) is 4.79 Å². The third-order valence-electron chi connectivity index (χ3n) is 4.23. The lowest BCUT2D eigenvalue weighted by Crippen LogP contribution is -2.13. The highest BCUT2D eigenvalue weighted by Crippen LogP contribution is 2.27. The summed E-state index contributed by atoms with van der Waals surface area (Å²) in [6.07, 6.45) is 1.69. The standard InChI is InChI=1S/C20H19FN2O5S/c1-2-29(26,27)15-7-8-17(24)16(11-15)23-19(25)9-10-20-22-12-18(28-20)13-3-5-14(21)6-4-13/h3-8,11-12,24H,2,9-10H2,1H3,(H,23,25). The first-order valence-electron chi connectivity index (χ1n) is 8.85. The van der Waals surface area contributed by atoms with Crippen molar-refractivity contribution < 1.29 is 27.1 Å². The highest BCUT2D eigenvalue weighted by Gasteiger charge is 2.16. The van der Waals surface area contributed by atoms with E-state index in [0.29, 0.717) is 17.2 Å². The predicted molar refractivity (Wildman–Crippen MR) is 105 cm³/mol. The molecule has 0 spiro atoms. The number of anilines is 1. The van der Waals surface area contributed by atoms with Crippen molar-refractivity contribution in [1.29, 1.82) is 0 Å². The molecule has 0 bridgehead atoms. The van der Waals surface area contributed by atoms with Crippen LogP contribution in [-0.2, 0) is 21.1 Å². The molecule has 1 heterocycles. The third kappa shape index (κ3) is 5.00. The summed E-state index contributed by atoms with van der Waals surface area (Å²) >= 11 is 0. The Bertz CT molecular complexity index is 1120. The van der Waals surface area contributed by atoms with Crippen LogP contribution in [0.25, 0.3) is 11.3 Å². The molecule has 0 saturated carbocycles. The van der Waals surface area contributed by atoms with Gasteiger partial charge in [0.2, 0.25) is 5.91 Å². The number of aryl methyl sites for hydroxylation is 1. The highest BCUT2D eigenvalue weighted by molar-refractivity contribution is 7.91. The second-order valence-electron chi connectivity index (χ2n) is 6.26. The predicted octanol–water partition coefficient (Wildman–Crippen LogP) is 3.55. The van der Waals surface area contributed by atoms with Gasteiger partial charge in [0.25, 0.3) is 0 Å². The minimum atomic E-state index is -3.47. The van der Waals surface area contributed by atoms with E-state index in [9.17, 15) is 22.7 Å². The Labute approximate surface area is 167 Å². The normalized spacial score (nSPS) is 11.4. The molecule has 1 amide bonds. The summed E-state index contributed by atoms with van der Waals surface area (Å²) in [5.41, 5.74) is 0.678. The zero-order valence-corrected chi connectivity index (χ0v) is 16.4. The first kappa shape index (κ1) is 20.5. The van der Waals surface area contributed by atoms with Crippen LogP contribution in [0.4, 0.5) is 10.1 Å². The lowest BCUT2D eigenvalue weighted by molar-refractivity contribution is -0.116. The number of halogens is 1. The van der Waals surface area contributed by atoms with Crippen molar-refractivity contribution in [2.45, 2.75) is 24.7 Å². The Morgan fingerprint density at radius 3 is 2.62 bits per heavy atom. The number of phenolic OH excluding ortho intramolecular Hbond substituents is 1. The monoisotopic (exact) mass is 418 g/mol. The van der Waals surface area contributed by atoms with Gasteiger partial charge in [-0.1, -0.05) is 6.92 Å². The number of amides is 1. The molecule has 0 fully saturated rings. The number of phenols is 1. The molecule has 0 aliphatic heterocycles. The molecule has 9 heteroatoms. The molecule has 152 valence electrons. The van der Waals surface area contributed by atoms with E-state index in [1.165, 1.54) is 43.5 Å². The van der Waals surface area contributed by atoms with E-state index in [1.54, 1.807) is 12.1 Å². The van der Waals surface area contributed by atoms with Crippen molar-refractivity contribution in [1.82, 2.24) is 4.98 Å². The molecule has 1 aromatic heterocycles. The summed E-state index contributed by atoms with van der Waals surface area (Å²) in [5.74, 6) is -0.340. The molecule has 7 nitrogen and oxygen atoms in total. The van der Waals surface area contributed by atoms with Gasteiger partial charge < -0.3 is 14.8 Å². The summed E-state index contributed by atoms with van der Waals surface area (Å²) in [4.78, 5) is 16.3. The van der Waals surface area contributed by atoms with Gasteiger partial charge in [-0.05, 0) is 42.5 Å². The fourth-order valence-corrected chi connectivity index (χ4v) is 3.49. The van der Waals surface area contributed by atoms with Crippen molar-refractivity contribution in [2.24, 2.45) is 0 Å². The Kier molecular flexibility index (Phi) is 5.97. The van der Waals surface area contributed by atoms with Gasteiger partial charge in [-0.15, -0.1) is 0 Å². The number of aromatic nitrogens is 1. The van der Waals surface area contributed by atoms with E-state index in [-0.39, 0.29) is 40.7 Å². The third-order valence-corrected chi connectivity index (χ3v) is 5.96. The highest BCUT2D eigenvalue weighted by atomic mass is 32.2. The molecule has 0 saturated heterocycles. The van der Waals surface area contributed by atoms with Crippen molar-refractivity contribution in [3.05, 3.63) is 60.4 Å². The summed E-state index contributed by atoms with van der Waals surface area (Å²) in [7, 11) is -3.47. The van der Waals surface area contributed by atoms with Crippen LogP contribution < -0.4 is 5.32 Å². The molecule has 29 heavy (non-hydrogen) atoms. The first-order valence-corrected chi connectivity index (χ1v) is 10.5. The number of oxazole rings is 1. The number of sulfone groups is 1. The number of aromatic hydroxyl groups is 1. The average Bonchev–Trinajstić information content (AvgIpc) is 3.17. The fourth-order valence-electron chi connectivity index (χ4n) is 2.58. The molecule has 0 atom stereocenters. The number of nitrogens with one attached hydrogen (secondary N) is 1. The van der Waals surface area contributed by atoms with E-state index < -0.39 is 15.7 Å². The van der Waals surface area contributed by atoms with Gasteiger partial charge in [0, 0.05) is 18.4 Å². The van der Waals surface area contributed by atoms with Gasteiger partial charge in [0.15, 0.2) is 21.5 Å². The average molecular weight is 418 g/mol. The summed E-state index contributed by atoms with van der Waals surface area (Å²) in [6, 6.07) is 9.48. The van der Waals surface area contributed by atoms with Crippen LogP contribution in [0.15, 0.2) is 58.0 Å². The van der Waals surface area contributed by atoms with E-state index in [0.717, 1.165) is 0 Å². The molecule has 0 radical (unpaired) electrons. The quantitative estimate of drug-likeness (QED) is 0.568. The van der Waals surface area contributed by atoms with Crippen LogP contribution in [0.1, 0.15) is 19.2 Å². The number of nitrogens with zero attached hydrogens (tertiary/aromatic N) is 1. The van der Waals surface area contributed by atoms with Gasteiger partial charge >= 0.3 is 0 Å². The topological polar surface area (TPSA) is 110 Å². The first-order chi connectivity index (χ1) is 13.8. The Balaban J connectivity index is 1.64. The molecule has 2 aromatic carbocycles. The lowest BCUT2D eigenvalue weighted by atomic mass is 10.2. The van der Waals surface area contributed by atoms with Crippen molar-refractivity contribution in [2.75, 3.05) is 11.1 Å². The number of carbonyl (C=O) groups excluding carboxylic acids is 1. The van der Waals surface area contributed by atoms with Gasteiger partial charge in [0.05, 0.1) is 22.5 Å². The number of carbonyl (C=O) groups is 1. The van der Waals surface area contributed by atoms with E-state index in [2.05, 4.69) is 10.3 Å². The molecule has 2 N–H and O–H groups in total. The minimum Gasteiger partial charge on any atom is -0.506 e. The van der Waals surface area contributed by atoms with Gasteiger partial charge in [-0.25, -0.2) is 17.8 Å². The largest absolute Gasteiger partial charge is 0.506 e. The van der Waals surface area contributed by atoms with Crippen LogP contribution in [0.2, 0.25) is 0 Å². The summed E-state index contributed by atoms with van der Waals surface area (Å²) in [5, 5.41) is 12.4. The smallest absolute Gasteiger partial charge is 0.224 e. The number of benzene rings is 2. The maximum Gasteiger partial charge on any atom is 0.224 e. The van der Waals surface area contributed by atoms with Crippen LogP contribution in [0.3, 0.4) is 0 Å². The Morgan fingerprint density at radius 1 is 1.21 bits per heavy atom. The zero-order chi connectivity index (χ0) is 21.0. The zero-order valence-electron chi connectivity index (χ0n) is 15.6. The van der Waals surface area contributed by atoms with Gasteiger partial charge in [0.1, 0.15) is 11.6 Å². The molecular formula is C20H19FN2O5S. The number of rotatable bonds is 7. The molecule has 3 rings (SSSR count). The Morgan fingerprint density at radius 2 is 1.93 bits per heavy atom. The van der Waals surface area contributed by atoms with E-state index >= 15 is 0 Å².